The van der Waals surface area contributed by atoms with Crippen LogP contribution in [0.15, 0.2) is 41.5 Å². The molecule has 1 fully saturated rings. The lowest BCUT2D eigenvalue weighted by atomic mass is 9.99. The second-order valence-corrected chi connectivity index (χ2v) is 5.64. The first-order chi connectivity index (χ1) is 10.8. The summed E-state index contributed by atoms with van der Waals surface area (Å²) in [5, 5.41) is 9.86. The van der Waals surface area contributed by atoms with Crippen molar-refractivity contribution >= 4 is 10.8 Å². The Morgan fingerprint density at radius 3 is 3.09 bits per heavy atom. The van der Waals surface area contributed by atoms with Crippen molar-refractivity contribution in [3.8, 4) is 5.69 Å². The number of aromatic amines is 1. The van der Waals surface area contributed by atoms with Gasteiger partial charge in [-0.1, -0.05) is 12.1 Å². The second kappa shape index (κ2) is 5.38. The van der Waals surface area contributed by atoms with Crippen molar-refractivity contribution in [1.29, 1.82) is 0 Å². The minimum absolute atomic E-state index is 0.190. The topological polar surface area (TPSA) is 75.6 Å². The zero-order valence-electron chi connectivity index (χ0n) is 12.1. The first kappa shape index (κ1) is 13.2. The van der Waals surface area contributed by atoms with Gasteiger partial charge in [0.2, 0.25) is 0 Å². The molecule has 2 aromatic heterocycles. The third-order valence-corrected chi connectivity index (χ3v) is 4.20. The Bertz CT molecular complexity index is 855. The molecule has 1 aliphatic heterocycles. The minimum atomic E-state index is -0.190. The summed E-state index contributed by atoms with van der Waals surface area (Å²) in [6, 6.07) is 7.72. The molecule has 4 rings (SSSR count). The number of fused-ring (bicyclic) bond motifs is 1. The van der Waals surface area contributed by atoms with Gasteiger partial charge < -0.3 is 5.32 Å². The van der Waals surface area contributed by atoms with E-state index in [1.165, 1.54) is 4.68 Å². The van der Waals surface area contributed by atoms with E-state index in [0.29, 0.717) is 0 Å². The molecule has 0 spiro atoms. The standard InChI is InChI=1S/C16H17N5O/c22-16-19-15(12-4-2-7-17-10-12)20-21(16)14-5-1-3-11-9-18-8-6-13(11)14/h1,3,5-6,8-9,12,17H,2,4,7,10H2,(H,19,20,22)/t12-/m0/s1. The fourth-order valence-corrected chi connectivity index (χ4v) is 3.06. The number of hydrogen-bond acceptors (Lipinski definition) is 4. The predicted molar refractivity (Wildman–Crippen MR) is 84.3 cm³/mol. The molecule has 1 aromatic carbocycles. The van der Waals surface area contributed by atoms with Crippen molar-refractivity contribution in [2.45, 2.75) is 18.8 Å². The van der Waals surface area contributed by atoms with E-state index in [-0.39, 0.29) is 11.6 Å². The van der Waals surface area contributed by atoms with E-state index >= 15 is 0 Å². The Balaban J connectivity index is 1.82. The van der Waals surface area contributed by atoms with Gasteiger partial charge in [-0.2, -0.15) is 4.68 Å². The number of nitrogens with zero attached hydrogens (tertiary/aromatic N) is 3. The fourth-order valence-electron chi connectivity index (χ4n) is 3.06. The van der Waals surface area contributed by atoms with Gasteiger partial charge in [-0.25, -0.2) is 4.79 Å². The zero-order chi connectivity index (χ0) is 14.9. The molecule has 6 nitrogen and oxygen atoms in total. The lowest BCUT2D eigenvalue weighted by molar-refractivity contribution is 0.446. The summed E-state index contributed by atoms with van der Waals surface area (Å²) >= 11 is 0. The van der Waals surface area contributed by atoms with E-state index in [2.05, 4.69) is 20.4 Å². The quantitative estimate of drug-likeness (QED) is 0.752. The van der Waals surface area contributed by atoms with Crippen molar-refractivity contribution < 1.29 is 0 Å². The van der Waals surface area contributed by atoms with Gasteiger partial charge in [0.1, 0.15) is 5.82 Å². The zero-order valence-corrected chi connectivity index (χ0v) is 12.1. The number of rotatable bonds is 2. The van der Waals surface area contributed by atoms with Gasteiger partial charge in [-0.15, -0.1) is 5.10 Å². The van der Waals surface area contributed by atoms with Crippen molar-refractivity contribution in [2.24, 2.45) is 0 Å². The lowest BCUT2D eigenvalue weighted by Gasteiger charge is -2.20. The first-order valence-corrected chi connectivity index (χ1v) is 7.56. The van der Waals surface area contributed by atoms with E-state index in [1.807, 2.05) is 24.3 Å². The molecule has 1 atom stereocenters. The van der Waals surface area contributed by atoms with Crippen LogP contribution < -0.4 is 11.0 Å². The van der Waals surface area contributed by atoms with Crippen LogP contribution in [0.25, 0.3) is 16.5 Å². The number of hydrogen-bond donors (Lipinski definition) is 2. The Morgan fingerprint density at radius 2 is 2.23 bits per heavy atom. The highest BCUT2D eigenvalue weighted by molar-refractivity contribution is 5.89. The highest BCUT2D eigenvalue weighted by Gasteiger charge is 2.20. The summed E-state index contributed by atoms with van der Waals surface area (Å²) in [5.41, 5.74) is 0.598. The van der Waals surface area contributed by atoms with E-state index in [4.69, 9.17) is 0 Å². The molecule has 0 bridgehead atoms. The van der Waals surface area contributed by atoms with Gasteiger partial charge in [0, 0.05) is 35.6 Å². The predicted octanol–water partition coefficient (Wildman–Crippen LogP) is 1.58. The molecule has 3 heterocycles. The summed E-state index contributed by atoms with van der Waals surface area (Å²) in [4.78, 5) is 19.4. The number of H-pyrrole nitrogens is 1. The lowest BCUT2D eigenvalue weighted by Crippen LogP contribution is -2.29. The molecule has 0 saturated carbocycles. The maximum absolute atomic E-state index is 12.3. The number of benzene rings is 1. The molecule has 3 aromatic rings. The molecule has 0 radical (unpaired) electrons. The van der Waals surface area contributed by atoms with Gasteiger partial charge in [-0.3, -0.25) is 9.97 Å². The van der Waals surface area contributed by atoms with Crippen LogP contribution in [0.5, 0.6) is 0 Å². The smallest absolute Gasteiger partial charge is 0.316 e. The van der Waals surface area contributed by atoms with Crippen LogP contribution in [0.2, 0.25) is 0 Å². The maximum atomic E-state index is 12.3. The van der Waals surface area contributed by atoms with Gasteiger partial charge in [0.15, 0.2) is 0 Å². The summed E-state index contributed by atoms with van der Waals surface area (Å²) in [5.74, 6) is 1.04. The number of piperidine rings is 1. The largest absolute Gasteiger partial charge is 0.348 e. The first-order valence-electron chi connectivity index (χ1n) is 7.56. The number of pyridine rings is 1. The van der Waals surface area contributed by atoms with Crippen LogP contribution in [0.4, 0.5) is 0 Å². The average molecular weight is 295 g/mol. The third-order valence-electron chi connectivity index (χ3n) is 4.20. The maximum Gasteiger partial charge on any atom is 0.348 e. The molecular weight excluding hydrogens is 278 g/mol. The Morgan fingerprint density at radius 1 is 1.27 bits per heavy atom. The van der Waals surface area contributed by atoms with Crippen LogP contribution in [0.3, 0.4) is 0 Å². The molecule has 0 unspecified atom stereocenters. The van der Waals surface area contributed by atoms with Crippen molar-refractivity contribution in [3.05, 3.63) is 53.0 Å². The Labute approximate surface area is 127 Å². The van der Waals surface area contributed by atoms with Crippen LogP contribution in [0.1, 0.15) is 24.6 Å². The molecular formula is C16H17N5O. The Kier molecular flexibility index (Phi) is 3.23. The normalized spacial score (nSPS) is 18.6. The molecule has 22 heavy (non-hydrogen) atoms. The summed E-state index contributed by atoms with van der Waals surface area (Å²) in [6.45, 7) is 1.91. The van der Waals surface area contributed by atoms with Gasteiger partial charge in [-0.05, 0) is 31.5 Å². The summed E-state index contributed by atoms with van der Waals surface area (Å²) in [7, 11) is 0. The van der Waals surface area contributed by atoms with E-state index in [0.717, 1.165) is 48.2 Å². The molecule has 1 aliphatic rings. The van der Waals surface area contributed by atoms with E-state index < -0.39 is 0 Å². The summed E-state index contributed by atoms with van der Waals surface area (Å²) in [6.07, 6.45) is 5.69. The molecule has 0 aliphatic carbocycles. The van der Waals surface area contributed by atoms with Gasteiger partial charge >= 0.3 is 5.69 Å². The van der Waals surface area contributed by atoms with Crippen LogP contribution >= 0.6 is 0 Å². The van der Waals surface area contributed by atoms with Crippen LogP contribution in [0, 0.1) is 0 Å². The highest BCUT2D eigenvalue weighted by atomic mass is 16.1. The number of aromatic nitrogens is 4. The monoisotopic (exact) mass is 295 g/mol. The molecule has 2 N–H and O–H groups in total. The van der Waals surface area contributed by atoms with Gasteiger partial charge in [0.05, 0.1) is 5.69 Å². The average Bonchev–Trinajstić information content (AvgIpc) is 2.97. The van der Waals surface area contributed by atoms with Crippen molar-refractivity contribution in [3.63, 3.8) is 0 Å². The minimum Gasteiger partial charge on any atom is -0.316 e. The van der Waals surface area contributed by atoms with E-state index in [1.54, 1.807) is 12.4 Å². The SMILES string of the molecule is O=c1[nH]c([C@H]2CCCNC2)nn1-c1cccc2cnccc12. The van der Waals surface area contributed by atoms with Crippen molar-refractivity contribution in [1.82, 2.24) is 25.1 Å². The Hall–Kier alpha value is -2.47. The van der Waals surface area contributed by atoms with Crippen LogP contribution in [-0.2, 0) is 0 Å². The molecule has 1 saturated heterocycles. The highest BCUT2D eigenvalue weighted by Crippen LogP contribution is 2.22. The third kappa shape index (κ3) is 2.21. The fraction of sp³-hybridized carbons (Fsp3) is 0.312. The second-order valence-electron chi connectivity index (χ2n) is 5.64. The molecule has 112 valence electrons. The van der Waals surface area contributed by atoms with Crippen LogP contribution in [-0.4, -0.2) is 32.8 Å². The van der Waals surface area contributed by atoms with E-state index in [9.17, 15) is 4.79 Å². The number of nitrogens with one attached hydrogen (secondary N) is 2. The summed E-state index contributed by atoms with van der Waals surface area (Å²) < 4.78 is 1.46. The van der Waals surface area contributed by atoms with Crippen molar-refractivity contribution in [2.75, 3.05) is 13.1 Å². The van der Waals surface area contributed by atoms with Gasteiger partial charge in [0.25, 0.3) is 0 Å². The molecule has 6 heteroatoms. The molecule has 0 amide bonds.